The Kier molecular flexibility index (Phi) is 22.1. The zero-order valence-electron chi connectivity index (χ0n) is 41.2. The molecule has 0 spiro atoms. The van der Waals surface area contributed by atoms with Crippen LogP contribution in [0, 0.1) is 53.3 Å². The first-order valence-electron chi connectivity index (χ1n) is 23.1. The van der Waals surface area contributed by atoms with Crippen LogP contribution in [0.1, 0.15) is 220 Å². The van der Waals surface area contributed by atoms with Crippen molar-refractivity contribution >= 4 is 0 Å². The maximum absolute atomic E-state index is 2.54. The van der Waals surface area contributed by atoms with E-state index >= 15 is 0 Å². The third-order valence-electron chi connectivity index (χ3n) is 12.4. The third kappa shape index (κ3) is 18.5. The molecule has 0 heteroatoms. The molecule has 3 aromatic rings. The zero-order chi connectivity index (χ0) is 43.1. The van der Waals surface area contributed by atoms with Crippen LogP contribution in [0.3, 0.4) is 0 Å². The molecule has 0 aliphatic heterocycles. The average molecular weight is 767 g/mol. The zero-order valence-corrected chi connectivity index (χ0v) is 41.2. The summed E-state index contributed by atoms with van der Waals surface area (Å²) < 4.78 is 0. The van der Waals surface area contributed by atoms with Crippen molar-refractivity contribution in [3.63, 3.8) is 0 Å². The molecule has 0 nitrogen and oxygen atoms in total. The lowest BCUT2D eigenvalue weighted by Gasteiger charge is -2.53. The van der Waals surface area contributed by atoms with Gasteiger partial charge < -0.3 is 0 Å². The summed E-state index contributed by atoms with van der Waals surface area (Å²) in [6.45, 7) is 48.8. The van der Waals surface area contributed by atoms with Crippen LogP contribution < -0.4 is 0 Å². The molecule has 0 amide bonds. The summed E-state index contributed by atoms with van der Waals surface area (Å²) in [5.74, 6) is 7.50. The van der Waals surface area contributed by atoms with Crippen molar-refractivity contribution < 1.29 is 0 Å². The normalized spacial score (nSPS) is 19.3. The fraction of sp³-hybridized carbons (Fsp3) is 0.679. The van der Waals surface area contributed by atoms with Gasteiger partial charge in [0.05, 0.1) is 0 Å². The monoisotopic (exact) mass is 767 g/mol. The summed E-state index contributed by atoms with van der Waals surface area (Å²) in [5.41, 5.74) is 11.3. The molecule has 1 aliphatic carbocycles. The van der Waals surface area contributed by atoms with Crippen molar-refractivity contribution in [1.82, 2.24) is 0 Å². The van der Waals surface area contributed by atoms with E-state index in [-0.39, 0.29) is 0 Å². The fourth-order valence-corrected chi connectivity index (χ4v) is 9.36. The van der Waals surface area contributed by atoms with Gasteiger partial charge in [-0.05, 0) is 148 Å². The second-order valence-corrected chi connectivity index (χ2v) is 21.9. The molecule has 4 rings (SSSR count). The summed E-state index contributed by atoms with van der Waals surface area (Å²) in [5, 5.41) is 0. The second-order valence-electron chi connectivity index (χ2n) is 21.9. The predicted octanol–water partition coefficient (Wildman–Crippen LogP) is 18.0. The molecule has 1 saturated carbocycles. The average Bonchev–Trinajstić information content (AvgIpc) is 3.06. The standard InChI is InChI=1S/C17H34.C14H22.C13H20.C12H18/c1-12(2)9-17(8)10-15(13(3)4)14(5)16(6,7)11-17;1-11(2)8-13-6-5-7-14(10-13)9-12(3)4;1-9(2)12-7-6-11(5)13(8-12)10(3)4;1-9(2)11-6-5-7-12(8-11)10(3)4/h12-15H,9-11H2,1-8H3;5-7,10-12H,8-9H2,1-4H3;6-10H,1-5H3;5-10H,1-4H3. The van der Waals surface area contributed by atoms with Gasteiger partial charge in [-0.2, -0.15) is 0 Å². The van der Waals surface area contributed by atoms with Crippen LogP contribution in [0.25, 0.3) is 0 Å². The van der Waals surface area contributed by atoms with Crippen LogP contribution >= 0.6 is 0 Å². The lowest BCUT2D eigenvalue weighted by atomic mass is 9.52. The van der Waals surface area contributed by atoms with Gasteiger partial charge in [0.15, 0.2) is 0 Å². The molecule has 1 aliphatic rings. The molecule has 3 unspecified atom stereocenters. The lowest BCUT2D eigenvalue weighted by Crippen LogP contribution is -2.44. The van der Waals surface area contributed by atoms with Crippen molar-refractivity contribution in [2.45, 2.75) is 201 Å². The van der Waals surface area contributed by atoms with Gasteiger partial charge in [-0.3, -0.25) is 0 Å². The van der Waals surface area contributed by atoms with Crippen LogP contribution in [0.15, 0.2) is 66.7 Å². The van der Waals surface area contributed by atoms with E-state index in [4.69, 9.17) is 0 Å². The fourth-order valence-electron chi connectivity index (χ4n) is 9.36. The van der Waals surface area contributed by atoms with Gasteiger partial charge in [0, 0.05) is 0 Å². The van der Waals surface area contributed by atoms with Gasteiger partial charge in [0.2, 0.25) is 0 Å². The maximum atomic E-state index is 2.54. The van der Waals surface area contributed by atoms with Crippen molar-refractivity contribution in [2.75, 3.05) is 0 Å². The highest BCUT2D eigenvalue weighted by Crippen LogP contribution is 2.55. The molecule has 3 aromatic carbocycles. The summed E-state index contributed by atoms with van der Waals surface area (Å²) in [7, 11) is 0. The quantitative estimate of drug-likeness (QED) is 0.182. The Bertz CT molecular complexity index is 1460. The van der Waals surface area contributed by atoms with Gasteiger partial charge in [-0.1, -0.05) is 205 Å². The van der Waals surface area contributed by atoms with Gasteiger partial charge in [0.25, 0.3) is 0 Å². The molecule has 3 atom stereocenters. The lowest BCUT2D eigenvalue weighted by molar-refractivity contribution is -0.0308. The first-order valence-corrected chi connectivity index (χ1v) is 23.1. The Morgan fingerprint density at radius 3 is 1.38 bits per heavy atom. The van der Waals surface area contributed by atoms with Gasteiger partial charge in [0.1, 0.15) is 0 Å². The summed E-state index contributed by atoms with van der Waals surface area (Å²) >= 11 is 0. The maximum Gasteiger partial charge on any atom is -0.0216 e. The SMILES string of the molecule is CC(C)CC1(C)CC(C(C)C)C(C)C(C)(C)C1.CC(C)Cc1cccc(CC(C)C)c1.CC(C)c1cccc(C(C)C)c1.Cc1ccc(C(C)C)cc1C(C)C. The highest BCUT2D eigenvalue weighted by molar-refractivity contribution is 5.34. The number of aryl methyl sites for hydroxylation is 1. The van der Waals surface area contributed by atoms with E-state index in [0.717, 1.165) is 35.5 Å². The van der Waals surface area contributed by atoms with Crippen molar-refractivity contribution in [1.29, 1.82) is 0 Å². The highest BCUT2D eigenvalue weighted by atomic mass is 14.5. The molecule has 1 fully saturated rings. The highest BCUT2D eigenvalue weighted by Gasteiger charge is 2.46. The van der Waals surface area contributed by atoms with Gasteiger partial charge in [-0.15, -0.1) is 0 Å². The van der Waals surface area contributed by atoms with Crippen molar-refractivity contribution in [2.24, 2.45) is 46.3 Å². The minimum atomic E-state index is 0.511. The molecule has 0 radical (unpaired) electrons. The van der Waals surface area contributed by atoms with E-state index < -0.39 is 0 Å². The summed E-state index contributed by atoms with van der Waals surface area (Å²) in [6, 6.07) is 24.7. The summed E-state index contributed by atoms with van der Waals surface area (Å²) in [6.07, 6.45) is 6.64. The Morgan fingerprint density at radius 2 is 0.982 bits per heavy atom. The largest absolute Gasteiger partial charge is 0.0628 e. The smallest absolute Gasteiger partial charge is 0.0216 e. The minimum absolute atomic E-state index is 0.511. The third-order valence-corrected chi connectivity index (χ3v) is 12.4. The number of hydrogen-bond donors (Lipinski definition) is 0. The van der Waals surface area contributed by atoms with E-state index in [9.17, 15) is 0 Å². The molecule has 56 heavy (non-hydrogen) atoms. The molecule has 0 saturated heterocycles. The van der Waals surface area contributed by atoms with E-state index in [1.165, 1.54) is 71.0 Å². The molecule has 318 valence electrons. The van der Waals surface area contributed by atoms with Crippen LogP contribution in [-0.4, -0.2) is 0 Å². The van der Waals surface area contributed by atoms with Crippen molar-refractivity contribution in [3.8, 4) is 0 Å². The predicted molar refractivity (Wildman–Crippen MR) is 256 cm³/mol. The summed E-state index contributed by atoms with van der Waals surface area (Å²) in [4.78, 5) is 0. The Morgan fingerprint density at radius 1 is 0.536 bits per heavy atom. The topological polar surface area (TPSA) is 0 Å². The van der Waals surface area contributed by atoms with Crippen molar-refractivity contribution in [3.05, 3.63) is 106 Å². The Balaban J connectivity index is 0.000000376. The Labute approximate surface area is 351 Å². The van der Waals surface area contributed by atoms with Crippen LogP contribution in [0.5, 0.6) is 0 Å². The van der Waals surface area contributed by atoms with E-state index in [2.05, 4.69) is 212 Å². The molecule has 0 N–H and O–H groups in total. The van der Waals surface area contributed by atoms with E-state index in [1.807, 2.05) is 0 Å². The molecule has 0 bridgehead atoms. The molecular formula is C56H94. The van der Waals surface area contributed by atoms with Gasteiger partial charge in [-0.25, -0.2) is 0 Å². The Hall–Kier alpha value is -2.34. The molecular weight excluding hydrogens is 673 g/mol. The number of benzene rings is 3. The second kappa shape index (κ2) is 23.9. The van der Waals surface area contributed by atoms with Crippen LogP contribution in [-0.2, 0) is 12.8 Å². The number of rotatable bonds is 11. The minimum Gasteiger partial charge on any atom is -0.0628 e. The van der Waals surface area contributed by atoms with E-state index in [0.29, 0.717) is 34.5 Å². The molecule has 0 aromatic heterocycles. The van der Waals surface area contributed by atoms with Crippen LogP contribution in [0.4, 0.5) is 0 Å². The first-order chi connectivity index (χ1) is 25.8. The first kappa shape index (κ1) is 51.7. The number of hydrogen-bond acceptors (Lipinski definition) is 0. The van der Waals surface area contributed by atoms with Gasteiger partial charge >= 0.3 is 0 Å². The molecule has 0 heterocycles. The van der Waals surface area contributed by atoms with Crippen LogP contribution in [0.2, 0.25) is 0 Å². The van der Waals surface area contributed by atoms with E-state index in [1.54, 1.807) is 0 Å².